The molecule has 2 saturated carbocycles. The molecule has 2 aliphatic heterocycles. The van der Waals surface area contributed by atoms with Gasteiger partial charge in [0, 0.05) is 140 Å². The number of rotatable bonds is 35. The number of hydrogen-bond donors (Lipinski definition) is 1. The normalized spacial score (nSPS) is 17.9. The Morgan fingerprint density at radius 3 is 1.29 bits per heavy atom. The van der Waals surface area contributed by atoms with Gasteiger partial charge in [0.2, 0.25) is 11.8 Å². The van der Waals surface area contributed by atoms with Crippen molar-refractivity contribution < 1.29 is 76.5 Å². The number of ether oxygens (including phenoxy) is 9. The number of aliphatic hydroxyl groups excluding tert-OH is 1. The number of nitrogens with zero attached hydrogens (tertiary/aromatic N) is 6. The third-order valence-electron chi connectivity index (χ3n) is 17.7. The maximum absolute atomic E-state index is 14.2. The summed E-state index contributed by atoms with van der Waals surface area (Å²) in [6.07, 6.45) is 10.6. The molecule has 6 amide bonds. The van der Waals surface area contributed by atoms with E-state index in [9.17, 15) is 33.9 Å². The van der Waals surface area contributed by atoms with E-state index in [-0.39, 0.29) is 78.6 Å². The summed E-state index contributed by atoms with van der Waals surface area (Å²) in [6.45, 7) is 23.9. The van der Waals surface area contributed by atoms with Gasteiger partial charge in [-0.3, -0.25) is 19.2 Å². The van der Waals surface area contributed by atoms with Crippen LogP contribution >= 0.6 is 0 Å². The Kier molecular flexibility index (Phi) is 31.8. The van der Waals surface area contributed by atoms with Gasteiger partial charge in [0.15, 0.2) is 23.0 Å². The van der Waals surface area contributed by atoms with Crippen molar-refractivity contribution in [3.63, 3.8) is 0 Å². The fraction of sp³-hybridized carbons (Fsp3) is 0.680. The van der Waals surface area contributed by atoms with E-state index >= 15 is 0 Å². The fourth-order valence-corrected chi connectivity index (χ4v) is 12.7. The Bertz CT molecular complexity index is 2930. The predicted molar refractivity (Wildman–Crippen MR) is 372 cm³/mol. The number of carbonyl (C=O) groups is 6. The van der Waals surface area contributed by atoms with Crippen LogP contribution in [-0.4, -0.2) is 224 Å². The monoisotopic (exact) mass is 1360 g/mol. The molecule has 4 atom stereocenters. The van der Waals surface area contributed by atoms with Crippen LogP contribution in [0, 0.1) is 0 Å². The summed E-state index contributed by atoms with van der Waals surface area (Å²) in [5.74, 6) is 2.02. The van der Waals surface area contributed by atoms with Crippen molar-refractivity contribution in [3.8, 4) is 23.0 Å². The molecule has 3 aromatic rings. The molecule has 2 aliphatic carbocycles. The van der Waals surface area contributed by atoms with Crippen LogP contribution in [0.15, 0.2) is 66.7 Å². The highest BCUT2D eigenvalue weighted by Crippen LogP contribution is 2.36. The van der Waals surface area contributed by atoms with Gasteiger partial charge in [-0.05, 0) is 188 Å². The number of carbonyl (C=O) groups excluding carboxylic acids is 6. The average molecular weight is 1360 g/mol. The molecule has 4 fully saturated rings. The van der Waals surface area contributed by atoms with Gasteiger partial charge >= 0.3 is 12.2 Å². The number of piperidine rings is 2. The Hall–Kier alpha value is -6.88. The van der Waals surface area contributed by atoms with E-state index in [1.54, 1.807) is 74.6 Å². The van der Waals surface area contributed by atoms with Crippen LogP contribution in [0.1, 0.15) is 198 Å². The maximum atomic E-state index is 14.2. The Morgan fingerprint density at radius 1 is 0.505 bits per heavy atom. The van der Waals surface area contributed by atoms with Gasteiger partial charge in [0.1, 0.15) is 11.2 Å². The first-order chi connectivity index (χ1) is 46.3. The van der Waals surface area contributed by atoms with Crippen molar-refractivity contribution in [2.45, 2.75) is 238 Å². The van der Waals surface area contributed by atoms with Crippen molar-refractivity contribution in [2.24, 2.45) is 0 Å². The lowest BCUT2D eigenvalue weighted by Crippen LogP contribution is -2.58. The standard InChI is InChI=1S/C41H61N3O8.C34H55N3O8/c1-30(2)44(39(46)32-16-21-36(49-7)37(27-32)51-26-12-24-48-6)35-20-19-34(43(28-35)40(47)52-41(3,4)5)22-23-42(33-17-18-33)38(45)15-11-25-50-29-31-13-9-8-10-14-31;1-24(2)37(32(40)25-11-16-29(43-7)30(22-25)44-21-9-20-42-6)28-15-14-27(36(23-28)33(41)45-34(3,4)5)17-18-35(26-12-13-26)31(39)10-8-19-38/h8-10,13-14,16,21,27,30,33-35H,11-12,15,17-20,22-26,28-29H2,1-7H3;11,16,22,24,26-28,38H,8-10,12-15,17-21,23H2,1-7H3/t34-,35-;27-,28-/m11/s1. The van der Waals surface area contributed by atoms with Gasteiger partial charge in [-0.15, -0.1) is 0 Å². The van der Waals surface area contributed by atoms with Crippen molar-refractivity contribution in [1.29, 1.82) is 0 Å². The number of methoxy groups -OCH3 is 4. The molecular formula is C75H116N6O16. The van der Waals surface area contributed by atoms with Gasteiger partial charge in [0.05, 0.1) is 46.1 Å². The van der Waals surface area contributed by atoms with Gasteiger partial charge < -0.3 is 77.1 Å². The summed E-state index contributed by atoms with van der Waals surface area (Å²) in [6, 6.07) is 20.1. The van der Waals surface area contributed by atoms with Crippen LogP contribution in [-0.2, 0) is 39.9 Å². The summed E-state index contributed by atoms with van der Waals surface area (Å²) in [5.41, 5.74) is 0.742. The quantitative estimate of drug-likeness (QED) is 0.0540. The fourth-order valence-electron chi connectivity index (χ4n) is 12.7. The van der Waals surface area contributed by atoms with Gasteiger partial charge in [-0.1, -0.05) is 30.3 Å². The van der Waals surface area contributed by atoms with Crippen LogP contribution in [0.25, 0.3) is 0 Å². The third-order valence-corrected chi connectivity index (χ3v) is 17.7. The molecule has 2 heterocycles. The van der Waals surface area contributed by atoms with Gasteiger partial charge in [0.25, 0.3) is 11.8 Å². The van der Waals surface area contributed by atoms with Crippen LogP contribution in [0.5, 0.6) is 23.0 Å². The molecule has 0 bridgehead atoms. The second-order valence-electron chi connectivity index (χ2n) is 28.5. The molecule has 1 N–H and O–H groups in total. The average Bonchev–Trinajstić information content (AvgIpc) is 0.944. The van der Waals surface area contributed by atoms with Gasteiger partial charge in [-0.25, -0.2) is 9.59 Å². The number of benzene rings is 3. The Balaban J connectivity index is 0.000000310. The first kappa shape index (κ1) is 79.1. The molecule has 0 aromatic heterocycles. The van der Waals surface area contributed by atoms with E-state index in [1.807, 2.05) is 119 Å². The lowest BCUT2D eigenvalue weighted by atomic mass is 9.93. The highest BCUT2D eigenvalue weighted by atomic mass is 16.6. The molecule has 97 heavy (non-hydrogen) atoms. The van der Waals surface area contributed by atoms with E-state index in [2.05, 4.69) is 0 Å². The molecule has 542 valence electrons. The minimum Gasteiger partial charge on any atom is -0.493 e. The van der Waals surface area contributed by atoms with Crippen molar-refractivity contribution in [2.75, 3.05) is 94.3 Å². The number of likely N-dealkylation sites (tertiary alicyclic amines) is 2. The second-order valence-corrected chi connectivity index (χ2v) is 28.5. The van der Waals surface area contributed by atoms with E-state index in [1.165, 1.54) is 0 Å². The molecule has 3 aromatic carbocycles. The SMILES string of the molecule is COCCCOc1cc(C(=O)N(C(C)C)[C@@H]2CC[C@H](CCN(C(=O)CCCO)C3CC3)N(C(=O)OC(C)(C)C)C2)ccc1OC.COCCCOc1cc(C(=O)N(C(C)C)[C@@H]2CC[C@H](CCN(C(=O)CCCOCc3ccccc3)C3CC3)N(C(=O)OC(C)(C)C)C2)ccc1OC. The topological polar surface area (TPSA) is 225 Å². The number of hydrogen-bond acceptors (Lipinski definition) is 16. The first-order valence-electron chi connectivity index (χ1n) is 35.4. The van der Waals surface area contributed by atoms with Crippen molar-refractivity contribution >= 4 is 35.8 Å². The Morgan fingerprint density at radius 2 is 0.918 bits per heavy atom. The molecule has 22 heteroatoms. The second kappa shape index (κ2) is 39.1. The zero-order valence-electron chi connectivity index (χ0n) is 60.8. The minimum atomic E-state index is -0.677. The molecule has 0 unspecified atom stereocenters. The molecular weight excluding hydrogens is 1240 g/mol. The van der Waals surface area contributed by atoms with Crippen molar-refractivity contribution in [3.05, 3.63) is 83.4 Å². The summed E-state index contributed by atoms with van der Waals surface area (Å²) >= 11 is 0. The molecule has 0 radical (unpaired) electrons. The Labute approximate surface area is 578 Å². The smallest absolute Gasteiger partial charge is 0.410 e. The zero-order valence-corrected chi connectivity index (χ0v) is 60.8. The van der Waals surface area contributed by atoms with Gasteiger partial charge in [-0.2, -0.15) is 0 Å². The molecule has 4 aliphatic rings. The maximum Gasteiger partial charge on any atom is 0.410 e. The minimum absolute atomic E-state index is 0.00893. The lowest BCUT2D eigenvalue weighted by molar-refractivity contribution is -0.133. The molecule has 7 rings (SSSR count). The number of amides is 6. The van der Waals surface area contributed by atoms with Crippen LogP contribution in [0.2, 0.25) is 0 Å². The van der Waals surface area contributed by atoms with E-state index in [4.69, 9.17) is 42.6 Å². The summed E-state index contributed by atoms with van der Waals surface area (Å²) < 4.78 is 50.7. The van der Waals surface area contributed by atoms with E-state index < -0.39 is 23.4 Å². The summed E-state index contributed by atoms with van der Waals surface area (Å²) in [4.78, 5) is 93.1. The largest absolute Gasteiger partial charge is 0.493 e. The van der Waals surface area contributed by atoms with E-state index in [0.717, 1.165) is 37.7 Å². The highest BCUT2D eigenvalue weighted by Gasteiger charge is 2.43. The first-order valence-corrected chi connectivity index (χ1v) is 35.4. The molecule has 2 saturated heterocycles. The molecule has 0 spiro atoms. The molecule has 22 nitrogen and oxygen atoms in total. The summed E-state index contributed by atoms with van der Waals surface area (Å²) in [5, 5.41) is 9.21. The zero-order chi connectivity index (χ0) is 70.8. The van der Waals surface area contributed by atoms with Crippen molar-refractivity contribution in [1.82, 2.24) is 29.4 Å². The third kappa shape index (κ3) is 25.4. The van der Waals surface area contributed by atoms with Crippen LogP contribution in [0.3, 0.4) is 0 Å². The highest BCUT2D eigenvalue weighted by molar-refractivity contribution is 5.96. The van der Waals surface area contributed by atoms with Crippen LogP contribution < -0.4 is 18.9 Å². The lowest BCUT2D eigenvalue weighted by Gasteiger charge is -2.45. The predicted octanol–water partition coefficient (Wildman–Crippen LogP) is 12.0. The number of aliphatic hydroxyl groups is 1. The van der Waals surface area contributed by atoms with Crippen LogP contribution in [0.4, 0.5) is 9.59 Å². The van der Waals surface area contributed by atoms with E-state index in [0.29, 0.717) is 171 Å². The summed E-state index contributed by atoms with van der Waals surface area (Å²) in [7, 11) is 6.43.